The van der Waals surface area contributed by atoms with Gasteiger partial charge in [-0.05, 0) is 32.8 Å². The Labute approximate surface area is 151 Å². The van der Waals surface area contributed by atoms with Crippen molar-refractivity contribution in [2.24, 2.45) is 0 Å². The van der Waals surface area contributed by atoms with E-state index in [-0.39, 0.29) is 12.6 Å². The lowest BCUT2D eigenvalue weighted by Crippen LogP contribution is -2.42. The van der Waals surface area contributed by atoms with E-state index in [1.165, 1.54) is 13.8 Å². The van der Waals surface area contributed by atoms with Crippen molar-refractivity contribution >= 4 is 11.5 Å². The molecule has 26 heavy (non-hydrogen) atoms. The van der Waals surface area contributed by atoms with Crippen molar-refractivity contribution in [3.8, 4) is 6.07 Å². The van der Waals surface area contributed by atoms with E-state index in [9.17, 15) is 14.8 Å². The average molecular weight is 361 g/mol. The van der Waals surface area contributed by atoms with E-state index in [2.05, 4.69) is 21.5 Å². The van der Waals surface area contributed by atoms with Crippen molar-refractivity contribution in [2.45, 2.75) is 57.8 Å². The summed E-state index contributed by atoms with van der Waals surface area (Å²) in [6.45, 7) is 7.36. The highest BCUT2D eigenvalue weighted by molar-refractivity contribution is 5.64. The molecule has 3 heterocycles. The van der Waals surface area contributed by atoms with Gasteiger partial charge in [0.2, 0.25) is 5.95 Å². The minimum absolute atomic E-state index is 0.216. The number of aliphatic hydroxyl groups is 1. The third kappa shape index (κ3) is 3.24. The molecular formula is C18H24FN5O2. The molecule has 0 bridgehead atoms. The molecule has 0 unspecified atom stereocenters. The van der Waals surface area contributed by atoms with Gasteiger partial charge in [0.15, 0.2) is 0 Å². The number of anilines is 1. The number of aromatic nitrogens is 3. The normalized spacial score (nSPS) is 22.2. The third-order valence-corrected chi connectivity index (χ3v) is 5.17. The lowest BCUT2D eigenvalue weighted by molar-refractivity contribution is -0.0136. The van der Waals surface area contributed by atoms with Crippen LogP contribution >= 0.6 is 0 Å². The first-order valence-corrected chi connectivity index (χ1v) is 8.73. The van der Waals surface area contributed by atoms with Crippen molar-refractivity contribution in [3.63, 3.8) is 0 Å². The smallest absolute Gasteiger partial charge is 0.241 e. The van der Waals surface area contributed by atoms with Crippen molar-refractivity contribution in [1.82, 2.24) is 14.6 Å². The summed E-state index contributed by atoms with van der Waals surface area (Å²) < 4.78 is 21.4. The standard InChI is InChI=1S/C18H24FN5O2/c1-10-12(7-20)16(11(2)18(3,4)19)24-14(10)8-21-17(23-24)22-13-5-6-26-9-15(13)25/h8,11,13,15,25H,5-6,9H2,1-4H3,(H,22,23)/t11-,13-,15-/m1/s1. The summed E-state index contributed by atoms with van der Waals surface area (Å²) in [7, 11) is 0. The molecule has 0 aromatic carbocycles. The van der Waals surface area contributed by atoms with Crippen LogP contribution in [0.5, 0.6) is 0 Å². The number of nitrogens with one attached hydrogen (secondary N) is 1. The molecule has 2 aromatic heterocycles. The Hall–Kier alpha value is -2.24. The fourth-order valence-electron chi connectivity index (χ4n) is 3.21. The largest absolute Gasteiger partial charge is 0.389 e. The van der Waals surface area contributed by atoms with Crippen LogP contribution in [0.25, 0.3) is 5.52 Å². The Morgan fingerprint density at radius 1 is 1.54 bits per heavy atom. The number of aliphatic hydroxyl groups excluding tert-OH is 1. The SMILES string of the molecule is Cc1c(C#N)c([C@@H](C)C(C)(C)F)n2nc(N[C@@H]3CCOC[C@H]3O)ncc12. The first kappa shape index (κ1) is 18.5. The summed E-state index contributed by atoms with van der Waals surface area (Å²) in [5, 5.41) is 27.2. The number of aryl methyl sites for hydroxylation is 1. The molecule has 0 aliphatic carbocycles. The number of hydrogen-bond acceptors (Lipinski definition) is 6. The molecule has 8 heteroatoms. The third-order valence-electron chi connectivity index (χ3n) is 5.17. The first-order chi connectivity index (χ1) is 12.2. The van der Waals surface area contributed by atoms with Gasteiger partial charge in [-0.15, -0.1) is 5.10 Å². The number of nitriles is 1. The fraction of sp³-hybridized carbons (Fsp3) is 0.611. The second-order valence-electron chi connectivity index (χ2n) is 7.34. The van der Waals surface area contributed by atoms with Crippen molar-refractivity contribution in [1.29, 1.82) is 5.26 Å². The molecule has 1 aliphatic rings. The first-order valence-electron chi connectivity index (χ1n) is 8.73. The van der Waals surface area contributed by atoms with Crippen LogP contribution in [-0.2, 0) is 4.74 Å². The average Bonchev–Trinajstić information content (AvgIpc) is 2.87. The molecule has 0 amide bonds. The maximum atomic E-state index is 14.6. The summed E-state index contributed by atoms with van der Waals surface area (Å²) >= 11 is 0. The van der Waals surface area contributed by atoms with E-state index < -0.39 is 17.7 Å². The van der Waals surface area contributed by atoms with Crippen molar-refractivity contribution in [2.75, 3.05) is 18.5 Å². The summed E-state index contributed by atoms with van der Waals surface area (Å²) in [5.41, 5.74) is 0.857. The van der Waals surface area contributed by atoms with Gasteiger partial charge < -0.3 is 15.2 Å². The van der Waals surface area contributed by atoms with E-state index in [1.54, 1.807) is 17.6 Å². The molecular weight excluding hydrogens is 337 g/mol. The number of ether oxygens (including phenoxy) is 1. The molecule has 7 nitrogen and oxygen atoms in total. The van der Waals surface area contributed by atoms with Gasteiger partial charge >= 0.3 is 0 Å². The molecule has 3 atom stereocenters. The van der Waals surface area contributed by atoms with E-state index in [1.807, 2.05) is 6.92 Å². The van der Waals surface area contributed by atoms with Crippen LogP contribution in [0.15, 0.2) is 6.20 Å². The number of nitrogens with zero attached hydrogens (tertiary/aromatic N) is 4. The molecule has 140 valence electrons. The number of hydrogen-bond donors (Lipinski definition) is 2. The Kier molecular flexibility index (Phi) is 4.86. The highest BCUT2D eigenvalue weighted by Crippen LogP contribution is 2.36. The van der Waals surface area contributed by atoms with Crippen molar-refractivity contribution < 1.29 is 14.2 Å². The molecule has 1 saturated heterocycles. The number of fused-ring (bicyclic) bond motifs is 1. The molecule has 3 rings (SSSR count). The van der Waals surface area contributed by atoms with E-state index in [0.717, 1.165) is 5.56 Å². The van der Waals surface area contributed by atoms with Gasteiger partial charge in [-0.2, -0.15) is 5.26 Å². The fourth-order valence-corrected chi connectivity index (χ4v) is 3.21. The highest BCUT2D eigenvalue weighted by atomic mass is 19.1. The topological polar surface area (TPSA) is 95.5 Å². The van der Waals surface area contributed by atoms with Gasteiger partial charge in [0.25, 0.3) is 0 Å². The Morgan fingerprint density at radius 3 is 2.88 bits per heavy atom. The maximum absolute atomic E-state index is 14.6. The van der Waals surface area contributed by atoms with Crippen molar-refractivity contribution in [3.05, 3.63) is 23.0 Å². The van der Waals surface area contributed by atoms with Gasteiger partial charge in [-0.25, -0.2) is 13.9 Å². The monoisotopic (exact) mass is 361 g/mol. The van der Waals surface area contributed by atoms with Crippen LogP contribution in [0.2, 0.25) is 0 Å². The summed E-state index contributed by atoms with van der Waals surface area (Å²) in [6, 6.07) is 1.97. The zero-order valence-corrected chi connectivity index (χ0v) is 15.5. The molecule has 0 radical (unpaired) electrons. The summed E-state index contributed by atoms with van der Waals surface area (Å²) in [4.78, 5) is 4.31. The molecule has 2 aromatic rings. The van der Waals surface area contributed by atoms with Crippen LogP contribution in [0.4, 0.5) is 10.3 Å². The number of alkyl halides is 1. The Bertz CT molecular complexity index is 852. The number of rotatable bonds is 4. The second kappa shape index (κ2) is 6.82. The summed E-state index contributed by atoms with van der Waals surface area (Å²) in [6.07, 6.45) is 1.61. The van der Waals surface area contributed by atoms with Crippen LogP contribution in [0.3, 0.4) is 0 Å². The van der Waals surface area contributed by atoms with Crippen LogP contribution in [-0.4, -0.2) is 50.7 Å². The Morgan fingerprint density at radius 2 is 2.27 bits per heavy atom. The van der Waals surface area contributed by atoms with E-state index in [4.69, 9.17) is 4.74 Å². The van der Waals surface area contributed by atoms with Gasteiger partial charge in [-0.1, -0.05) is 6.92 Å². The summed E-state index contributed by atoms with van der Waals surface area (Å²) in [5.74, 6) is -0.206. The molecule has 1 fully saturated rings. The molecule has 0 saturated carbocycles. The molecule has 0 spiro atoms. The lowest BCUT2D eigenvalue weighted by Gasteiger charge is -2.28. The van der Waals surface area contributed by atoms with Gasteiger partial charge in [0.1, 0.15) is 11.7 Å². The molecule has 1 aliphatic heterocycles. The van der Waals surface area contributed by atoms with Crippen LogP contribution in [0, 0.1) is 18.3 Å². The lowest BCUT2D eigenvalue weighted by atomic mass is 9.89. The van der Waals surface area contributed by atoms with Gasteiger partial charge in [0.05, 0.1) is 41.7 Å². The van der Waals surface area contributed by atoms with Gasteiger partial charge in [-0.3, -0.25) is 0 Å². The van der Waals surface area contributed by atoms with Crippen LogP contribution < -0.4 is 5.32 Å². The van der Waals surface area contributed by atoms with Crippen LogP contribution in [0.1, 0.15) is 49.9 Å². The van der Waals surface area contributed by atoms with E-state index >= 15 is 0 Å². The molecule has 2 N–H and O–H groups in total. The number of halogens is 1. The van der Waals surface area contributed by atoms with E-state index in [0.29, 0.717) is 35.8 Å². The predicted molar refractivity (Wildman–Crippen MR) is 94.9 cm³/mol. The quantitative estimate of drug-likeness (QED) is 0.868. The maximum Gasteiger partial charge on any atom is 0.241 e. The second-order valence-corrected chi connectivity index (χ2v) is 7.34. The minimum Gasteiger partial charge on any atom is -0.389 e. The minimum atomic E-state index is -1.51. The highest BCUT2D eigenvalue weighted by Gasteiger charge is 2.33. The van der Waals surface area contributed by atoms with Gasteiger partial charge in [0, 0.05) is 12.5 Å². The Balaban J connectivity index is 2.06. The predicted octanol–water partition coefficient (Wildman–Crippen LogP) is 2.32. The zero-order valence-electron chi connectivity index (χ0n) is 15.5. The zero-order chi connectivity index (χ0) is 19.1.